The normalized spacial score (nSPS) is 29.8. The lowest BCUT2D eigenvalue weighted by atomic mass is 9.89. The molecule has 0 atom stereocenters. The van der Waals surface area contributed by atoms with Gasteiger partial charge in [-0.05, 0) is 12.8 Å². The van der Waals surface area contributed by atoms with Gasteiger partial charge in [-0.1, -0.05) is 13.8 Å². The molecule has 1 aliphatic carbocycles. The molecule has 0 unspecified atom stereocenters. The first-order valence-electron chi connectivity index (χ1n) is 4.08. The van der Waals surface area contributed by atoms with Gasteiger partial charge in [0.2, 0.25) is 5.91 Å². The molecule has 1 fully saturated rings. The van der Waals surface area contributed by atoms with E-state index in [2.05, 4.69) is 5.32 Å². The highest BCUT2D eigenvalue weighted by atomic mass is 16.3. The predicted octanol–water partition coefficient (Wildman–Crippen LogP) is 0.282. The Balaban J connectivity index is 2.17. The second-order valence-electron chi connectivity index (χ2n) is 3.49. The van der Waals surface area contributed by atoms with Crippen molar-refractivity contribution in [3.63, 3.8) is 0 Å². The minimum absolute atomic E-state index is 0.0488. The van der Waals surface area contributed by atoms with Crippen LogP contribution in [-0.4, -0.2) is 23.2 Å². The van der Waals surface area contributed by atoms with E-state index in [9.17, 15) is 4.79 Å². The van der Waals surface area contributed by atoms with E-state index in [0.717, 1.165) is 12.8 Å². The standard InChI is InChI=1S/C8H15NO2/c1-5(2)8(11)9-6-3-7(10)4-6/h5-7,10H,3-4H2,1-2H3,(H,9,11). The molecule has 1 rings (SSSR count). The summed E-state index contributed by atoms with van der Waals surface area (Å²) in [6.45, 7) is 3.73. The van der Waals surface area contributed by atoms with Crippen molar-refractivity contribution in [2.24, 2.45) is 5.92 Å². The van der Waals surface area contributed by atoms with Gasteiger partial charge in [0.15, 0.2) is 0 Å². The second kappa shape index (κ2) is 3.22. The Labute approximate surface area is 66.8 Å². The molecule has 0 aromatic rings. The van der Waals surface area contributed by atoms with Crippen molar-refractivity contribution in [3.8, 4) is 0 Å². The maximum Gasteiger partial charge on any atom is 0.222 e. The fourth-order valence-corrected chi connectivity index (χ4v) is 1.07. The van der Waals surface area contributed by atoms with Crippen molar-refractivity contribution < 1.29 is 9.90 Å². The van der Waals surface area contributed by atoms with Crippen LogP contribution in [0.3, 0.4) is 0 Å². The Bertz CT molecular complexity index is 150. The third-order valence-corrected chi connectivity index (χ3v) is 1.98. The van der Waals surface area contributed by atoms with Crippen molar-refractivity contribution in [1.82, 2.24) is 5.32 Å². The zero-order valence-electron chi connectivity index (χ0n) is 7.00. The van der Waals surface area contributed by atoms with Gasteiger partial charge in [-0.25, -0.2) is 0 Å². The lowest BCUT2D eigenvalue weighted by molar-refractivity contribution is -0.126. The van der Waals surface area contributed by atoms with Gasteiger partial charge in [-0.15, -0.1) is 0 Å². The fourth-order valence-electron chi connectivity index (χ4n) is 1.07. The number of carbonyl (C=O) groups is 1. The van der Waals surface area contributed by atoms with Gasteiger partial charge in [-0.3, -0.25) is 4.79 Å². The van der Waals surface area contributed by atoms with Crippen LogP contribution < -0.4 is 5.32 Å². The third kappa shape index (κ3) is 2.19. The van der Waals surface area contributed by atoms with E-state index < -0.39 is 0 Å². The number of aliphatic hydroxyl groups excluding tert-OH is 1. The molecule has 0 heterocycles. The number of rotatable bonds is 2. The van der Waals surface area contributed by atoms with Crippen molar-refractivity contribution in [2.45, 2.75) is 38.8 Å². The Morgan fingerprint density at radius 1 is 1.55 bits per heavy atom. The first-order chi connectivity index (χ1) is 5.09. The van der Waals surface area contributed by atoms with E-state index in [1.165, 1.54) is 0 Å². The predicted molar refractivity (Wildman–Crippen MR) is 42.0 cm³/mol. The average Bonchev–Trinajstić information content (AvgIpc) is 1.84. The Kier molecular flexibility index (Phi) is 2.49. The molecule has 11 heavy (non-hydrogen) atoms. The van der Waals surface area contributed by atoms with Crippen LogP contribution in [-0.2, 0) is 4.79 Å². The van der Waals surface area contributed by atoms with Gasteiger partial charge < -0.3 is 10.4 Å². The number of aliphatic hydroxyl groups is 1. The molecule has 1 amide bonds. The van der Waals surface area contributed by atoms with Crippen LogP contribution in [0.1, 0.15) is 26.7 Å². The van der Waals surface area contributed by atoms with Crippen LogP contribution in [0.25, 0.3) is 0 Å². The van der Waals surface area contributed by atoms with Crippen molar-refractivity contribution in [2.75, 3.05) is 0 Å². The molecule has 1 aliphatic rings. The number of carbonyl (C=O) groups excluding carboxylic acids is 1. The zero-order valence-corrected chi connectivity index (χ0v) is 7.00. The average molecular weight is 157 g/mol. The summed E-state index contributed by atoms with van der Waals surface area (Å²) in [5, 5.41) is 11.8. The van der Waals surface area contributed by atoms with Crippen LogP contribution in [0.4, 0.5) is 0 Å². The van der Waals surface area contributed by atoms with E-state index in [1.807, 2.05) is 13.8 Å². The number of hydrogen-bond donors (Lipinski definition) is 2. The lowest BCUT2D eigenvalue weighted by Gasteiger charge is -2.32. The van der Waals surface area contributed by atoms with E-state index in [4.69, 9.17) is 5.11 Å². The maximum atomic E-state index is 11.1. The molecule has 64 valence electrons. The van der Waals surface area contributed by atoms with Gasteiger partial charge in [0.1, 0.15) is 0 Å². The summed E-state index contributed by atoms with van der Waals surface area (Å²) in [5.74, 6) is 0.134. The molecule has 1 saturated carbocycles. The molecule has 0 aromatic heterocycles. The van der Waals surface area contributed by atoms with E-state index >= 15 is 0 Å². The van der Waals surface area contributed by atoms with Gasteiger partial charge in [-0.2, -0.15) is 0 Å². The molecule has 2 N–H and O–H groups in total. The summed E-state index contributed by atoms with van der Waals surface area (Å²) in [5.41, 5.74) is 0. The van der Waals surface area contributed by atoms with Crippen LogP contribution in [0.5, 0.6) is 0 Å². The smallest absolute Gasteiger partial charge is 0.222 e. The molecule has 0 aromatic carbocycles. The number of nitrogens with one attached hydrogen (secondary N) is 1. The molecule has 0 bridgehead atoms. The van der Waals surface area contributed by atoms with Crippen molar-refractivity contribution in [1.29, 1.82) is 0 Å². The lowest BCUT2D eigenvalue weighted by Crippen LogP contribution is -2.47. The van der Waals surface area contributed by atoms with Crippen LogP contribution in [0.2, 0.25) is 0 Å². The highest BCUT2D eigenvalue weighted by Crippen LogP contribution is 2.19. The summed E-state index contributed by atoms with van der Waals surface area (Å²) in [4.78, 5) is 11.1. The van der Waals surface area contributed by atoms with Crippen LogP contribution >= 0.6 is 0 Å². The van der Waals surface area contributed by atoms with Gasteiger partial charge in [0, 0.05) is 12.0 Å². The third-order valence-electron chi connectivity index (χ3n) is 1.98. The molecular formula is C8H15NO2. The molecular weight excluding hydrogens is 142 g/mol. The molecule has 0 aliphatic heterocycles. The highest BCUT2D eigenvalue weighted by molar-refractivity contribution is 5.78. The van der Waals surface area contributed by atoms with Crippen molar-refractivity contribution >= 4 is 5.91 Å². The Hall–Kier alpha value is -0.570. The molecule has 0 radical (unpaired) electrons. The summed E-state index contributed by atoms with van der Waals surface area (Å²) < 4.78 is 0. The first-order valence-corrected chi connectivity index (χ1v) is 4.08. The number of amides is 1. The Morgan fingerprint density at radius 2 is 2.09 bits per heavy atom. The highest BCUT2D eigenvalue weighted by Gasteiger charge is 2.28. The first kappa shape index (κ1) is 8.53. The van der Waals surface area contributed by atoms with Gasteiger partial charge in [0.25, 0.3) is 0 Å². The Morgan fingerprint density at radius 3 is 2.45 bits per heavy atom. The molecule has 3 heteroatoms. The quantitative estimate of drug-likeness (QED) is 0.605. The van der Waals surface area contributed by atoms with E-state index in [-0.39, 0.29) is 24.0 Å². The summed E-state index contributed by atoms with van der Waals surface area (Å²) in [7, 11) is 0. The SMILES string of the molecule is CC(C)C(=O)NC1CC(O)C1. The fraction of sp³-hybridized carbons (Fsp3) is 0.875. The maximum absolute atomic E-state index is 11.1. The van der Waals surface area contributed by atoms with Gasteiger partial charge >= 0.3 is 0 Å². The zero-order chi connectivity index (χ0) is 8.43. The molecule has 3 nitrogen and oxygen atoms in total. The summed E-state index contributed by atoms with van der Waals surface area (Å²) >= 11 is 0. The number of hydrogen-bond acceptors (Lipinski definition) is 2. The minimum atomic E-state index is -0.188. The minimum Gasteiger partial charge on any atom is -0.393 e. The summed E-state index contributed by atoms with van der Waals surface area (Å²) in [6.07, 6.45) is 1.25. The summed E-state index contributed by atoms with van der Waals surface area (Å²) in [6, 6.07) is 0.222. The van der Waals surface area contributed by atoms with E-state index in [0.29, 0.717) is 0 Å². The van der Waals surface area contributed by atoms with Crippen LogP contribution in [0, 0.1) is 5.92 Å². The second-order valence-corrected chi connectivity index (χ2v) is 3.49. The van der Waals surface area contributed by atoms with Gasteiger partial charge in [0.05, 0.1) is 6.10 Å². The van der Waals surface area contributed by atoms with E-state index in [1.54, 1.807) is 0 Å². The largest absolute Gasteiger partial charge is 0.393 e. The molecule has 0 saturated heterocycles. The topological polar surface area (TPSA) is 49.3 Å². The monoisotopic (exact) mass is 157 g/mol. The van der Waals surface area contributed by atoms with Crippen molar-refractivity contribution in [3.05, 3.63) is 0 Å². The molecule has 0 spiro atoms. The van der Waals surface area contributed by atoms with Crippen LogP contribution in [0.15, 0.2) is 0 Å².